The van der Waals surface area contributed by atoms with Gasteiger partial charge in [-0.15, -0.1) is 11.6 Å². The van der Waals surface area contributed by atoms with Crippen LogP contribution in [0.3, 0.4) is 0 Å². The average molecular weight is 393 g/mol. The molecule has 1 saturated heterocycles. The fourth-order valence-corrected chi connectivity index (χ4v) is 6.99. The van der Waals surface area contributed by atoms with Gasteiger partial charge in [0.15, 0.2) is 0 Å². The van der Waals surface area contributed by atoms with Gasteiger partial charge in [-0.2, -0.15) is 13.2 Å². The molecule has 0 aromatic heterocycles. The number of alkyl halides is 4. The van der Waals surface area contributed by atoms with Gasteiger partial charge in [0, 0.05) is 11.4 Å². The van der Waals surface area contributed by atoms with E-state index in [0.717, 1.165) is 32.1 Å². The van der Waals surface area contributed by atoms with Gasteiger partial charge in [0.25, 0.3) is 0 Å². The zero-order chi connectivity index (χ0) is 18.7. The number of carbonyl (C=O) groups is 2. The van der Waals surface area contributed by atoms with Crippen LogP contribution in [0.15, 0.2) is 0 Å². The number of likely N-dealkylation sites (tertiary alicyclic amines) is 1. The lowest BCUT2D eigenvalue weighted by atomic mass is 9.49. The van der Waals surface area contributed by atoms with Crippen LogP contribution in [0, 0.1) is 17.3 Å². The van der Waals surface area contributed by atoms with Gasteiger partial charge in [0.05, 0.1) is 5.41 Å². The summed E-state index contributed by atoms with van der Waals surface area (Å²) in [7, 11) is 0. The maximum absolute atomic E-state index is 13.4. The number of rotatable bonds is 3. The van der Waals surface area contributed by atoms with E-state index < -0.39 is 30.1 Å². The van der Waals surface area contributed by atoms with E-state index >= 15 is 0 Å². The molecule has 4 nitrogen and oxygen atoms in total. The van der Waals surface area contributed by atoms with Crippen molar-refractivity contribution in [3.8, 4) is 0 Å². The van der Waals surface area contributed by atoms with E-state index in [0.29, 0.717) is 37.6 Å². The van der Waals surface area contributed by atoms with E-state index in [1.165, 1.54) is 0 Å². The summed E-state index contributed by atoms with van der Waals surface area (Å²) in [5, 5.41) is 1.95. The van der Waals surface area contributed by atoms with E-state index in [1.54, 1.807) is 4.90 Å². The van der Waals surface area contributed by atoms with Crippen LogP contribution in [-0.4, -0.2) is 46.9 Å². The summed E-state index contributed by atoms with van der Waals surface area (Å²) >= 11 is 6.80. The Hall–Kier alpha value is -0.980. The highest BCUT2D eigenvalue weighted by atomic mass is 35.5. The van der Waals surface area contributed by atoms with Gasteiger partial charge in [0.1, 0.15) is 12.6 Å². The first-order valence-electron chi connectivity index (χ1n) is 9.44. The Morgan fingerprint density at radius 3 is 2.38 bits per heavy atom. The fourth-order valence-electron chi connectivity index (χ4n) is 6.29. The van der Waals surface area contributed by atoms with Crippen LogP contribution < -0.4 is 5.32 Å². The van der Waals surface area contributed by atoms with E-state index in [9.17, 15) is 22.8 Å². The van der Waals surface area contributed by atoms with Crippen molar-refractivity contribution in [1.82, 2.24) is 10.2 Å². The molecule has 8 heteroatoms. The highest BCUT2D eigenvalue weighted by Crippen LogP contribution is 2.64. The second kappa shape index (κ2) is 6.01. The van der Waals surface area contributed by atoms with Crippen LogP contribution in [0.5, 0.6) is 0 Å². The molecule has 3 unspecified atom stereocenters. The molecule has 4 saturated carbocycles. The summed E-state index contributed by atoms with van der Waals surface area (Å²) in [5.74, 6) is 0.162. The predicted molar refractivity (Wildman–Crippen MR) is 89.5 cm³/mol. The first-order chi connectivity index (χ1) is 12.1. The summed E-state index contributed by atoms with van der Waals surface area (Å²) in [4.78, 5) is 26.9. The molecule has 1 N–H and O–H groups in total. The lowest BCUT2D eigenvalue weighted by molar-refractivity contribution is -0.160. The van der Waals surface area contributed by atoms with Crippen LogP contribution >= 0.6 is 11.6 Å². The molecule has 1 heterocycles. The van der Waals surface area contributed by atoms with Gasteiger partial charge >= 0.3 is 6.18 Å². The molecule has 146 valence electrons. The van der Waals surface area contributed by atoms with Gasteiger partial charge in [-0.25, -0.2) is 0 Å². The highest BCUT2D eigenvalue weighted by Gasteiger charge is 2.61. The lowest BCUT2D eigenvalue weighted by Crippen LogP contribution is -2.60. The SMILES string of the molecule is O=C(NCC(F)(F)F)C1CCCN1C(=O)C12CC3CC(CC(Cl)(C3)C1)C2. The molecular formula is C18H24ClF3N2O2. The molecule has 0 aromatic carbocycles. The molecule has 2 amide bonds. The maximum Gasteiger partial charge on any atom is 0.405 e. The second-order valence-electron chi connectivity index (χ2n) is 8.88. The first-order valence-corrected chi connectivity index (χ1v) is 9.82. The van der Waals surface area contributed by atoms with Crippen molar-refractivity contribution in [2.75, 3.05) is 13.1 Å². The Balaban J connectivity index is 1.50. The van der Waals surface area contributed by atoms with Crippen molar-refractivity contribution in [2.45, 2.75) is 68.5 Å². The normalized spacial score (nSPS) is 41.5. The lowest BCUT2D eigenvalue weighted by Gasteiger charge is -2.59. The van der Waals surface area contributed by atoms with E-state index in [-0.39, 0.29) is 10.8 Å². The minimum Gasteiger partial charge on any atom is -0.345 e. The smallest absolute Gasteiger partial charge is 0.345 e. The van der Waals surface area contributed by atoms with Crippen molar-refractivity contribution < 1.29 is 22.8 Å². The number of halogens is 4. The van der Waals surface area contributed by atoms with Gasteiger partial charge in [0.2, 0.25) is 11.8 Å². The Kier molecular flexibility index (Phi) is 4.25. The number of hydrogen-bond donors (Lipinski definition) is 1. The van der Waals surface area contributed by atoms with Crippen molar-refractivity contribution >= 4 is 23.4 Å². The van der Waals surface area contributed by atoms with E-state index in [2.05, 4.69) is 0 Å². The molecule has 4 aliphatic carbocycles. The number of carbonyl (C=O) groups excluding carboxylic acids is 2. The van der Waals surface area contributed by atoms with Crippen LogP contribution in [0.25, 0.3) is 0 Å². The summed E-state index contributed by atoms with van der Waals surface area (Å²) in [6, 6.07) is -0.788. The van der Waals surface area contributed by atoms with Gasteiger partial charge in [-0.3, -0.25) is 9.59 Å². The van der Waals surface area contributed by atoms with Gasteiger partial charge in [-0.05, 0) is 63.2 Å². The first kappa shape index (κ1) is 18.4. The third-order valence-corrected chi connectivity index (χ3v) is 7.16. The highest BCUT2D eigenvalue weighted by molar-refractivity contribution is 6.24. The minimum absolute atomic E-state index is 0.0544. The molecule has 3 atom stereocenters. The van der Waals surface area contributed by atoms with Crippen LogP contribution in [0.4, 0.5) is 13.2 Å². The third kappa shape index (κ3) is 3.20. The average Bonchev–Trinajstić information content (AvgIpc) is 2.98. The summed E-state index contributed by atoms with van der Waals surface area (Å²) < 4.78 is 37.2. The van der Waals surface area contributed by atoms with Crippen LogP contribution in [0.2, 0.25) is 0 Å². The zero-order valence-electron chi connectivity index (χ0n) is 14.6. The van der Waals surface area contributed by atoms with E-state index in [1.807, 2.05) is 5.32 Å². The zero-order valence-corrected chi connectivity index (χ0v) is 15.3. The molecule has 5 aliphatic rings. The number of hydrogen-bond acceptors (Lipinski definition) is 2. The number of amides is 2. The molecule has 0 aromatic rings. The standard InChI is InChI=1S/C18H24ClF3N2O2/c19-17-7-11-4-12(8-17)6-16(5-11,9-17)15(26)24-3-1-2-13(24)14(25)23-10-18(20,21)22/h11-13H,1-10H2,(H,23,25). The molecule has 5 fully saturated rings. The minimum atomic E-state index is -4.45. The fraction of sp³-hybridized carbons (Fsp3) is 0.889. The Bertz CT molecular complexity index is 610. The molecule has 0 radical (unpaired) electrons. The van der Waals surface area contributed by atoms with Crippen LogP contribution in [0.1, 0.15) is 51.4 Å². The number of nitrogens with one attached hydrogen (secondary N) is 1. The monoisotopic (exact) mass is 392 g/mol. The quantitative estimate of drug-likeness (QED) is 0.750. The Morgan fingerprint density at radius 1 is 1.15 bits per heavy atom. The van der Waals surface area contributed by atoms with Crippen LogP contribution in [-0.2, 0) is 9.59 Å². The molecular weight excluding hydrogens is 369 g/mol. The topological polar surface area (TPSA) is 49.4 Å². The van der Waals surface area contributed by atoms with Crippen molar-refractivity contribution in [3.63, 3.8) is 0 Å². The predicted octanol–water partition coefficient (Wildman–Crippen LogP) is 3.23. The molecule has 1 aliphatic heterocycles. The van der Waals surface area contributed by atoms with Crippen molar-refractivity contribution in [1.29, 1.82) is 0 Å². The van der Waals surface area contributed by atoms with E-state index in [4.69, 9.17) is 11.6 Å². The second-order valence-corrected chi connectivity index (χ2v) is 9.68. The van der Waals surface area contributed by atoms with Gasteiger partial charge < -0.3 is 10.2 Å². The molecule has 5 rings (SSSR count). The van der Waals surface area contributed by atoms with Crippen molar-refractivity contribution in [3.05, 3.63) is 0 Å². The summed E-state index contributed by atoms with van der Waals surface area (Å²) in [5.41, 5.74) is -0.515. The summed E-state index contributed by atoms with van der Waals surface area (Å²) in [6.45, 7) is -0.917. The van der Waals surface area contributed by atoms with Crippen molar-refractivity contribution in [2.24, 2.45) is 17.3 Å². The summed E-state index contributed by atoms with van der Waals surface area (Å²) in [6.07, 6.45) is 1.91. The largest absolute Gasteiger partial charge is 0.405 e. The molecule has 4 bridgehead atoms. The Morgan fingerprint density at radius 2 is 1.81 bits per heavy atom. The van der Waals surface area contributed by atoms with Gasteiger partial charge in [-0.1, -0.05) is 0 Å². The maximum atomic E-state index is 13.4. The number of nitrogens with zero attached hydrogens (tertiary/aromatic N) is 1. The third-order valence-electron chi connectivity index (χ3n) is 6.72. The molecule has 0 spiro atoms. The Labute approximate surface area is 155 Å². The molecule has 26 heavy (non-hydrogen) atoms.